The highest BCUT2D eigenvalue weighted by Crippen LogP contribution is 2.49. The number of fused-ring (bicyclic) bond motifs is 2. The molecule has 3 aliphatic rings. The maximum atomic E-state index is 13.2. The number of hydrogen-bond acceptors (Lipinski definition) is 4. The number of aromatic nitrogens is 2. The van der Waals surface area contributed by atoms with Gasteiger partial charge in [0.15, 0.2) is 0 Å². The zero-order chi connectivity index (χ0) is 23.6. The second kappa shape index (κ2) is 7.91. The van der Waals surface area contributed by atoms with Crippen molar-refractivity contribution in [2.24, 2.45) is 0 Å². The normalized spacial score (nSPS) is 26.1. The maximum Gasteiger partial charge on any atom is 0.360 e. The van der Waals surface area contributed by atoms with Gasteiger partial charge >= 0.3 is 5.97 Å². The zero-order valence-electron chi connectivity index (χ0n) is 19.6. The van der Waals surface area contributed by atoms with Crippen LogP contribution in [-0.2, 0) is 6.42 Å². The molecular weight excluding hydrogens is 426 g/mol. The third kappa shape index (κ3) is 3.08. The van der Waals surface area contributed by atoms with E-state index >= 15 is 0 Å². The highest BCUT2D eigenvalue weighted by Gasteiger charge is 2.46. The van der Waals surface area contributed by atoms with Crippen LogP contribution in [0.5, 0.6) is 0 Å². The van der Waals surface area contributed by atoms with Gasteiger partial charge in [-0.3, -0.25) is 9.69 Å². The monoisotopic (exact) mass is 455 g/mol. The standard InChI is InChI=1S/C28H29N3O3/c1-3-6-23-16(2)30(27(32)26(29-23)28(33)34)21-14-19-11-12-20(15-21)31(19)24-13-18-9-4-7-17-8-5-10-22(24)25(17)18/h3-10,19-21,24H,11-15H2,1-2H3,(H,33,34)/b6-3-/t19-,20+,21+,24?. The van der Waals surface area contributed by atoms with E-state index in [4.69, 9.17) is 0 Å². The molecule has 2 aliphatic heterocycles. The number of hydrogen-bond donors (Lipinski definition) is 1. The molecule has 1 aliphatic carbocycles. The number of carboxylic acids is 1. The number of aromatic carboxylic acids is 1. The Morgan fingerprint density at radius 1 is 1.09 bits per heavy atom. The second-order valence-corrected chi connectivity index (χ2v) is 9.95. The van der Waals surface area contributed by atoms with Crippen LogP contribution in [0, 0.1) is 6.92 Å². The number of benzene rings is 2. The third-order valence-corrected chi connectivity index (χ3v) is 8.20. The molecule has 174 valence electrons. The summed E-state index contributed by atoms with van der Waals surface area (Å²) in [5.74, 6) is -1.26. The molecule has 1 aromatic heterocycles. The van der Waals surface area contributed by atoms with Gasteiger partial charge in [0.25, 0.3) is 5.56 Å². The van der Waals surface area contributed by atoms with Crippen LogP contribution in [-0.4, -0.2) is 37.6 Å². The van der Waals surface area contributed by atoms with Gasteiger partial charge in [0.05, 0.1) is 5.69 Å². The Morgan fingerprint density at radius 3 is 2.47 bits per heavy atom. The Hall–Kier alpha value is -3.25. The Balaban J connectivity index is 1.36. The zero-order valence-corrected chi connectivity index (χ0v) is 19.6. The molecule has 6 heteroatoms. The summed E-state index contributed by atoms with van der Waals surface area (Å²) in [5.41, 5.74) is 3.32. The number of allylic oxidation sites excluding steroid dienone is 1. The van der Waals surface area contributed by atoms with Crippen molar-refractivity contribution in [2.45, 2.75) is 70.1 Å². The minimum Gasteiger partial charge on any atom is -0.476 e. The second-order valence-electron chi connectivity index (χ2n) is 9.95. The van der Waals surface area contributed by atoms with Crippen LogP contribution in [0.15, 0.2) is 47.3 Å². The molecule has 3 heterocycles. The van der Waals surface area contributed by atoms with Crippen LogP contribution in [0.4, 0.5) is 0 Å². The van der Waals surface area contributed by atoms with Gasteiger partial charge in [-0.2, -0.15) is 0 Å². The van der Waals surface area contributed by atoms with Crippen molar-refractivity contribution in [1.82, 2.24) is 14.5 Å². The fourth-order valence-corrected chi connectivity index (χ4v) is 6.92. The van der Waals surface area contributed by atoms with Crippen LogP contribution >= 0.6 is 0 Å². The van der Waals surface area contributed by atoms with Gasteiger partial charge in [0.1, 0.15) is 0 Å². The molecule has 6 nitrogen and oxygen atoms in total. The maximum absolute atomic E-state index is 13.2. The Kier molecular flexibility index (Phi) is 4.96. The Bertz CT molecular complexity index is 1390. The smallest absolute Gasteiger partial charge is 0.360 e. The number of carbonyl (C=O) groups is 1. The minimum atomic E-state index is -1.26. The number of piperidine rings is 1. The molecule has 1 N–H and O–H groups in total. The number of nitrogens with zero attached hydrogens (tertiary/aromatic N) is 3. The fourth-order valence-electron chi connectivity index (χ4n) is 6.92. The lowest BCUT2D eigenvalue weighted by Gasteiger charge is -2.43. The number of carboxylic acid groups (broad SMARTS) is 1. The lowest BCUT2D eigenvalue weighted by Crippen LogP contribution is -2.47. The molecular formula is C28H29N3O3. The molecule has 2 saturated heterocycles. The predicted molar refractivity (Wildman–Crippen MR) is 132 cm³/mol. The first-order valence-corrected chi connectivity index (χ1v) is 12.2. The van der Waals surface area contributed by atoms with Crippen molar-refractivity contribution in [2.75, 3.05) is 0 Å². The summed E-state index contributed by atoms with van der Waals surface area (Å²) in [7, 11) is 0. The summed E-state index contributed by atoms with van der Waals surface area (Å²) >= 11 is 0. The van der Waals surface area contributed by atoms with E-state index in [2.05, 4.69) is 46.3 Å². The topological polar surface area (TPSA) is 75.4 Å². The van der Waals surface area contributed by atoms with Gasteiger partial charge in [0, 0.05) is 29.9 Å². The van der Waals surface area contributed by atoms with Gasteiger partial charge in [-0.05, 0) is 73.9 Å². The number of rotatable bonds is 4. The molecule has 6 rings (SSSR count). The SMILES string of the molecule is C/C=C\c1nc(C(=O)O)c(=O)n([C@H]2C[C@H]3CC[C@@H](C2)N3C2Cc3cccc4cccc2c34)c1C. The van der Waals surface area contributed by atoms with E-state index in [0.29, 0.717) is 23.8 Å². The third-order valence-electron chi connectivity index (χ3n) is 8.20. The first-order valence-electron chi connectivity index (χ1n) is 12.2. The van der Waals surface area contributed by atoms with Crippen LogP contribution in [0.3, 0.4) is 0 Å². The van der Waals surface area contributed by atoms with E-state index in [0.717, 1.165) is 37.8 Å². The molecule has 4 atom stereocenters. The van der Waals surface area contributed by atoms with Crippen LogP contribution < -0.4 is 5.56 Å². The van der Waals surface area contributed by atoms with Crippen molar-refractivity contribution < 1.29 is 9.90 Å². The van der Waals surface area contributed by atoms with E-state index in [-0.39, 0.29) is 11.7 Å². The first-order chi connectivity index (χ1) is 16.5. The summed E-state index contributed by atoms with van der Waals surface area (Å²) in [6.45, 7) is 3.76. The molecule has 2 bridgehead atoms. The first kappa shape index (κ1) is 21.3. The molecule has 3 aromatic rings. The van der Waals surface area contributed by atoms with Crippen molar-refractivity contribution in [3.8, 4) is 0 Å². The van der Waals surface area contributed by atoms with Crippen LogP contribution in [0.25, 0.3) is 16.8 Å². The van der Waals surface area contributed by atoms with E-state index in [1.54, 1.807) is 10.6 Å². The summed E-state index contributed by atoms with van der Waals surface area (Å²) in [6.07, 6.45) is 8.62. The van der Waals surface area contributed by atoms with Gasteiger partial charge < -0.3 is 9.67 Å². The van der Waals surface area contributed by atoms with Crippen LogP contribution in [0.1, 0.15) is 77.7 Å². The molecule has 0 spiro atoms. The van der Waals surface area contributed by atoms with Crippen molar-refractivity contribution in [1.29, 1.82) is 0 Å². The lowest BCUT2D eigenvalue weighted by atomic mass is 9.92. The highest BCUT2D eigenvalue weighted by atomic mass is 16.4. The largest absolute Gasteiger partial charge is 0.476 e. The Morgan fingerprint density at radius 2 is 1.79 bits per heavy atom. The highest BCUT2D eigenvalue weighted by molar-refractivity contribution is 5.91. The molecule has 0 amide bonds. The van der Waals surface area contributed by atoms with E-state index in [1.807, 2.05) is 19.9 Å². The fraction of sp³-hybridized carbons (Fsp3) is 0.393. The van der Waals surface area contributed by atoms with E-state index in [1.165, 1.54) is 21.9 Å². The van der Waals surface area contributed by atoms with Gasteiger partial charge in [-0.25, -0.2) is 9.78 Å². The molecule has 34 heavy (non-hydrogen) atoms. The predicted octanol–water partition coefficient (Wildman–Crippen LogP) is 4.90. The van der Waals surface area contributed by atoms with Crippen LogP contribution in [0.2, 0.25) is 0 Å². The van der Waals surface area contributed by atoms with Crippen molar-refractivity contribution in [3.63, 3.8) is 0 Å². The molecule has 1 unspecified atom stereocenters. The van der Waals surface area contributed by atoms with Crippen molar-refractivity contribution in [3.05, 3.63) is 81.0 Å². The quantitative estimate of drug-likeness (QED) is 0.606. The summed E-state index contributed by atoms with van der Waals surface area (Å²) in [5, 5.41) is 12.4. The van der Waals surface area contributed by atoms with Gasteiger partial charge in [-0.1, -0.05) is 42.5 Å². The summed E-state index contributed by atoms with van der Waals surface area (Å²) in [6, 6.07) is 14.4. The lowest BCUT2D eigenvalue weighted by molar-refractivity contribution is 0.0613. The molecule has 0 radical (unpaired) electrons. The molecule has 0 saturated carbocycles. The Labute approximate surface area is 198 Å². The minimum absolute atomic E-state index is 0.00840. The average Bonchev–Trinajstić information content (AvgIpc) is 3.31. The molecule has 2 aromatic carbocycles. The van der Waals surface area contributed by atoms with Crippen molar-refractivity contribution >= 4 is 22.8 Å². The van der Waals surface area contributed by atoms with Gasteiger partial charge in [-0.15, -0.1) is 0 Å². The summed E-state index contributed by atoms with van der Waals surface area (Å²) in [4.78, 5) is 31.9. The van der Waals surface area contributed by atoms with E-state index in [9.17, 15) is 14.7 Å². The molecule has 2 fully saturated rings. The average molecular weight is 456 g/mol. The van der Waals surface area contributed by atoms with Gasteiger partial charge in [0.2, 0.25) is 5.69 Å². The van der Waals surface area contributed by atoms with E-state index < -0.39 is 11.5 Å². The summed E-state index contributed by atoms with van der Waals surface area (Å²) < 4.78 is 1.73.